The van der Waals surface area contributed by atoms with E-state index in [9.17, 15) is 4.79 Å². The first-order chi connectivity index (χ1) is 13.1. The molecule has 0 aliphatic carbocycles. The lowest BCUT2D eigenvalue weighted by atomic mass is 10.2. The van der Waals surface area contributed by atoms with Gasteiger partial charge in [0.05, 0.1) is 6.54 Å². The van der Waals surface area contributed by atoms with Crippen LogP contribution in [-0.2, 0) is 16.1 Å². The van der Waals surface area contributed by atoms with Crippen molar-refractivity contribution >= 4 is 23.5 Å². The van der Waals surface area contributed by atoms with Crippen LogP contribution in [0.5, 0.6) is 0 Å². The van der Waals surface area contributed by atoms with Crippen molar-refractivity contribution in [3.05, 3.63) is 34.9 Å². The van der Waals surface area contributed by atoms with Crippen LogP contribution in [0.3, 0.4) is 0 Å². The number of carbonyl (C=O) groups excluding carboxylic acids is 1. The van der Waals surface area contributed by atoms with Crippen molar-refractivity contribution in [3.8, 4) is 0 Å². The summed E-state index contributed by atoms with van der Waals surface area (Å²) in [7, 11) is 1.73. The Kier molecular flexibility index (Phi) is 9.42. The van der Waals surface area contributed by atoms with Crippen LogP contribution in [-0.4, -0.2) is 68.1 Å². The quantitative estimate of drug-likeness (QED) is 0.397. The van der Waals surface area contributed by atoms with Gasteiger partial charge in [0, 0.05) is 51.5 Å². The van der Waals surface area contributed by atoms with E-state index in [0.29, 0.717) is 24.7 Å². The van der Waals surface area contributed by atoms with Gasteiger partial charge in [-0.2, -0.15) is 0 Å². The van der Waals surface area contributed by atoms with Crippen LogP contribution in [0.4, 0.5) is 0 Å². The molecule has 1 N–H and O–H groups in total. The van der Waals surface area contributed by atoms with Crippen LogP contribution < -0.4 is 5.32 Å². The van der Waals surface area contributed by atoms with Gasteiger partial charge in [0.15, 0.2) is 5.96 Å². The van der Waals surface area contributed by atoms with Gasteiger partial charge >= 0.3 is 0 Å². The third kappa shape index (κ3) is 7.39. The molecule has 0 spiro atoms. The number of carbonyl (C=O) groups is 1. The molecular weight excluding hydrogens is 364 g/mol. The Labute approximate surface area is 167 Å². The largest absolute Gasteiger partial charge is 0.385 e. The number of methoxy groups -OCH3 is 1. The molecule has 1 aliphatic heterocycles. The number of amides is 1. The number of rotatable bonds is 9. The fourth-order valence-corrected chi connectivity index (χ4v) is 3.14. The van der Waals surface area contributed by atoms with Gasteiger partial charge in [0.1, 0.15) is 0 Å². The summed E-state index contributed by atoms with van der Waals surface area (Å²) in [6, 6.07) is 7.66. The Morgan fingerprint density at radius 2 is 2.00 bits per heavy atom. The molecule has 0 atom stereocenters. The summed E-state index contributed by atoms with van der Waals surface area (Å²) in [5.74, 6) is 0.964. The van der Waals surface area contributed by atoms with Crippen molar-refractivity contribution in [3.63, 3.8) is 0 Å². The van der Waals surface area contributed by atoms with Crippen molar-refractivity contribution in [1.82, 2.24) is 15.1 Å². The van der Waals surface area contributed by atoms with Crippen LogP contribution in [0.1, 0.15) is 31.7 Å². The molecule has 1 aromatic carbocycles. The first kappa shape index (κ1) is 21.5. The van der Waals surface area contributed by atoms with E-state index < -0.39 is 0 Å². The zero-order valence-electron chi connectivity index (χ0n) is 16.4. The average Bonchev–Trinajstić information content (AvgIpc) is 2.67. The minimum atomic E-state index is 0.127. The van der Waals surface area contributed by atoms with Crippen molar-refractivity contribution < 1.29 is 9.53 Å². The highest BCUT2D eigenvalue weighted by molar-refractivity contribution is 6.30. The monoisotopic (exact) mass is 394 g/mol. The molecule has 0 saturated carbocycles. The normalized spacial score (nSPS) is 15.4. The lowest BCUT2D eigenvalue weighted by Gasteiger charge is -2.36. The van der Waals surface area contributed by atoms with Crippen molar-refractivity contribution in [2.24, 2.45) is 4.99 Å². The first-order valence-electron chi connectivity index (χ1n) is 9.68. The van der Waals surface area contributed by atoms with Crippen LogP contribution in [0, 0.1) is 0 Å². The first-order valence-corrected chi connectivity index (χ1v) is 10.1. The van der Waals surface area contributed by atoms with Gasteiger partial charge in [-0.3, -0.25) is 9.79 Å². The number of benzene rings is 1. The van der Waals surface area contributed by atoms with Crippen LogP contribution >= 0.6 is 11.6 Å². The fourth-order valence-electron chi connectivity index (χ4n) is 3.01. The molecule has 0 bridgehead atoms. The zero-order valence-corrected chi connectivity index (χ0v) is 17.2. The number of hydrogen-bond donors (Lipinski definition) is 1. The number of piperazine rings is 1. The van der Waals surface area contributed by atoms with Gasteiger partial charge in [-0.05, 0) is 43.9 Å². The number of nitrogens with zero attached hydrogens (tertiary/aromatic N) is 3. The minimum Gasteiger partial charge on any atom is -0.385 e. The zero-order chi connectivity index (χ0) is 19.5. The minimum absolute atomic E-state index is 0.127. The average molecular weight is 395 g/mol. The molecule has 27 heavy (non-hydrogen) atoms. The third-order valence-corrected chi connectivity index (χ3v) is 4.76. The number of aliphatic imine (C=N–C) groups is 1. The van der Waals surface area contributed by atoms with E-state index in [4.69, 9.17) is 21.3 Å². The second kappa shape index (κ2) is 11.8. The predicted molar refractivity (Wildman–Crippen MR) is 110 cm³/mol. The molecule has 1 fully saturated rings. The molecule has 2 rings (SSSR count). The maximum atomic E-state index is 12.6. The molecule has 1 aromatic rings. The van der Waals surface area contributed by atoms with Crippen molar-refractivity contribution in [2.75, 3.05) is 46.4 Å². The van der Waals surface area contributed by atoms with Gasteiger partial charge in [-0.25, -0.2) is 0 Å². The van der Waals surface area contributed by atoms with E-state index >= 15 is 0 Å². The summed E-state index contributed by atoms with van der Waals surface area (Å²) in [6.45, 7) is 6.88. The van der Waals surface area contributed by atoms with E-state index in [1.807, 2.05) is 36.1 Å². The third-order valence-electron chi connectivity index (χ3n) is 4.51. The maximum Gasteiger partial charge on any atom is 0.242 e. The van der Waals surface area contributed by atoms with E-state index in [0.717, 1.165) is 57.0 Å². The molecule has 0 radical (unpaired) electrons. The van der Waals surface area contributed by atoms with Gasteiger partial charge in [-0.1, -0.05) is 23.7 Å². The number of unbranched alkanes of at least 4 members (excludes halogenated alkanes) is 2. The number of hydrogen-bond acceptors (Lipinski definition) is 3. The standard InChI is InChI=1S/C20H31ClN4O2/c1-3-22-20(23-11-5-4-6-14-27-2)25-13-12-24(19(26)16-25)15-17-7-9-18(21)10-8-17/h7-10H,3-6,11-16H2,1-2H3,(H,22,23). The summed E-state index contributed by atoms with van der Waals surface area (Å²) < 4.78 is 5.07. The highest BCUT2D eigenvalue weighted by Gasteiger charge is 2.25. The van der Waals surface area contributed by atoms with Gasteiger partial charge in [0.2, 0.25) is 5.91 Å². The van der Waals surface area contributed by atoms with Gasteiger partial charge in [-0.15, -0.1) is 0 Å². The second-order valence-electron chi connectivity index (χ2n) is 6.65. The number of ether oxygens (including phenoxy) is 1. The topological polar surface area (TPSA) is 57.2 Å². The molecule has 1 amide bonds. The highest BCUT2D eigenvalue weighted by Crippen LogP contribution is 2.13. The highest BCUT2D eigenvalue weighted by atomic mass is 35.5. The van der Waals surface area contributed by atoms with E-state index in [1.165, 1.54) is 0 Å². The summed E-state index contributed by atoms with van der Waals surface area (Å²) in [5, 5.41) is 4.02. The summed E-state index contributed by atoms with van der Waals surface area (Å²) in [5.41, 5.74) is 1.10. The number of nitrogens with one attached hydrogen (secondary N) is 1. The molecule has 1 aliphatic rings. The summed E-state index contributed by atoms with van der Waals surface area (Å²) in [6.07, 6.45) is 3.19. The van der Waals surface area contributed by atoms with E-state index in [-0.39, 0.29) is 5.91 Å². The molecule has 0 unspecified atom stereocenters. The van der Waals surface area contributed by atoms with Gasteiger partial charge in [0.25, 0.3) is 0 Å². The van der Waals surface area contributed by atoms with Crippen molar-refractivity contribution in [1.29, 1.82) is 0 Å². The van der Waals surface area contributed by atoms with Crippen LogP contribution in [0.2, 0.25) is 5.02 Å². The molecule has 6 nitrogen and oxygen atoms in total. The summed E-state index contributed by atoms with van der Waals surface area (Å²) in [4.78, 5) is 21.2. The Morgan fingerprint density at radius 3 is 2.67 bits per heavy atom. The molecule has 150 valence electrons. The SMILES string of the molecule is CCNC(=NCCCCCOC)N1CCN(Cc2ccc(Cl)cc2)C(=O)C1. The summed E-state index contributed by atoms with van der Waals surface area (Å²) >= 11 is 5.93. The van der Waals surface area contributed by atoms with Gasteiger partial charge < -0.3 is 19.9 Å². The number of halogens is 1. The lowest BCUT2D eigenvalue weighted by molar-refractivity contribution is -0.135. The Morgan fingerprint density at radius 1 is 1.22 bits per heavy atom. The Hall–Kier alpha value is -1.79. The van der Waals surface area contributed by atoms with Crippen LogP contribution in [0.25, 0.3) is 0 Å². The van der Waals surface area contributed by atoms with Crippen LogP contribution in [0.15, 0.2) is 29.3 Å². The Bertz CT molecular complexity index is 607. The maximum absolute atomic E-state index is 12.6. The second-order valence-corrected chi connectivity index (χ2v) is 7.09. The predicted octanol–water partition coefficient (Wildman–Crippen LogP) is 2.77. The number of guanidine groups is 1. The van der Waals surface area contributed by atoms with Crippen molar-refractivity contribution in [2.45, 2.75) is 32.7 Å². The molecule has 1 heterocycles. The van der Waals surface area contributed by atoms with E-state index in [2.05, 4.69) is 10.2 Å². The smallest absolute Gasteiger partial charge is 0.242 e. The lowest BCUT2D eigenvalue weighted by Crippen LogP contribution is -2.55. The Balaban J connectivity index is 1.85. The van der Waals surface area contributed by atoms with E-state index in [1.54, 1.807) is 7.11 Å². The fraction of sp³-hybridized carbons (Fsp3) is 0.600. The molecular formula is C20H31ClN4O2. The molecule has 1 saturated heterocycles. The molecule has 0 aromatic heterocycles. The molecule has 7 heteroatoms.